The molecular formula is C13H19N3O2. The number of Topliss-reactive ketones (excluding diaryl/α,β-unsaturated/α-hetero) is 1. The van der Waals surface area contributed by atoms with Gasteiger partial charge in [0, 0.05) is 26.1 Å². The monoisotopic (exact) mass is 249 g/mol. The van der Waals surface area contributed by atoms with Crippen LogP contribution in [0.1, 0.15) is 43.1 Å². The molecule has 0 aromatic carbocycles. The third kappa shape index (κ3) is 2.60. The van der Waals surface area contributed by atoms with Gasteiger partial charge in [-0.15, -0.1) is 0 Å². The van der Waals surface area contributed by atoms with Crippen molar-refractivity contribution >= 4 is 11.7 Å². The van der Waals surface area contributed by atoms with E-state index in [0.717, 1.165) is 25.8 Å². The lowest BCUT2D eigenvalue weighted by molar-refractivity contribution is -0.118. The van der Waals surface area contributed by atoms with Gasteiger partial charge < -0.3 is 9.47 Å². The SMILES string of the molecule is CC(=O)CC1CCCCN1C(=O)c1cncn1C. The Kier molecular flexibility index (Phi) is 3.79. The fraction of sp³-hybridized carbons (Fsp3) is 0.615. The zero-order valence-corrected chi connectivity index (χ0v) is 10.9. The zero-order chi connectivity index (χ0) is 13.1. The van der Waals surface area contributed by atoms with Crippen molar-refractivity contribution in [3.05, 3.63) is 18.2 Å². The van der Waals surface area contributed by atoms with E-state index in [9.17, 15) is 9.59 Å². The van der Waals surface area contributed by atoms with Crippen LogP contribution >= 0.6 is 0 Å². The van der Waals surface area contributed by atoms with Gasteiger partial charge in [0.1, 0.15) is 11.5 Å². The number of aromatic nitrogens is 2. The van der Waals surface area contributed by atoms with Crippen LogP contribution in [-0.4, -0.2) is 38.7 Å². The maximum Gasteiger partial charge on any atom is 0.272 e. The summed E-state index contributed by atoms with van der Waals surface area (Å²) in [5, 5.41) is 0. The average molecular weight is 249 g/mol. The molecule has 1 aliphatic rings. The number of hydrogen-bond donors (Lipinski definition) is 0. The molecule has 2 rings (SSSR count). The number of likely N-dealkylation sites (tertiary alicyclic amines) is 1. The first kappa shape index (κ1) is 12.8. The molecule has 0 aliphatic carbocycles. The summed E-state index contributed by atoms with van der Waals surface area (Å²) in [5.41, 5.74) is 0.588. The summed E-state index contributed by atoms with van der Waals surface area (Å²) in [4.78, 5) is 29.5. The molecule has 0 N–H and O–H groups in total. The number of nitrogens with zero attached hydrogens (tertiary/aromatic N) is 3. The highest BCUT2D eigenvalue weighted by atomic mass is 16.2. The second-order valence-corrected chi connectivity index (χ2v) is 4.94. The van der Waals surface area contributed by atoms with Crippen molar-refractivity contribution in [3.63, 3.8) is 0 Å². The Balaban J connectivity index is 2.16. The molecule has 18 heavy (non-hydrogen) atoms. The Morgan fingerprint density at radius 1 is 1.44 bits per heavy atom. The highest BCUT2D eigenvalue weighted by Crippen LogP contribution is 2.22. The minimum absolute atomic E-state index is 0.0130. The van der Waals surface area contributed by atoms with Crippen molar-refractivity contribution in [2.45, 2.75) is 38.6 Å². The predicted octanol–water partition coefficient (Wildman–Crippen LogP) is 1.39. The topological polar surface area (TPSA) is 55.2 Å². The molecule has 1 amide bonds. The van der Waals surface area contributed by atoms with E-state index in [4.69, 9.17) is 0 Å². The van der Waals surface area contributed by atoms with Gasteiger partial charge >= 0.3 is 0 Å². The van der Waals surface area contributed by atoms with Gasteiger partial charge in [0.25, 0.3) is 5.91 Å². The Labute approximate surface area is 107 Å². The molecule has 5 nitrogen and oxygen atoms in total. The molecule has 1 aliphatic heterocycles. The van der Waals surface area contributed by atoms with E-state index in [-0.39, 0.29) is 17.7 Å². The van der Waals surface area contributed by atoms with Gasteiger partial charge in [0.2, 0.25) is 0 Å². The van der Waals surface area contributed by atoms with E-state index in [2.05, 4.69) is 4.98 Å². The smallest absolute Gasteiger partial charge is 0.272 e. The number of amides is 1. The van der Waals surface area contributed by atoms with Gasteiger partial charge in [-0.1, -0.05) is 0 Å². The summed E-state index contributed by atoms with van der Waals surface area (Å²) in [7, 11) is 1.81. The number of aryl methyl sites for hydroxylation is 1. The summed E-state index contributed by atoms with van der Waals surface area (Å²) >= 11 is 0. The molecule has 2 heterocycles. The van der Waals surface area contributed by atoms with Gasteiger partial charge in [-0.25, -0.2) is 4.98 Å². The van der Waals surface area contributed by atoms with Crippen molar-refractivity contribution < 1.29 is 9.59 Å². The first-order valence-electron chi connectivity index (χ1n) is 6.36. The molecule has 0 bridgehead atoms. The van der Waals surface area contributed by atoms with Crippen LogP contribution in [0, 0.1) is 0 Å². The van der Waals surface area contributed by atoms with Gasteiger partial charge in [0.15, 0.2) is 0 Å². The first-order valence-corrected chi connectivity index (χ1v) is 6.36. The van der Waals surface area contributed by atoms with Gasteiger partial charge in [-0.3, -0.25) is 9.59 Å². The molecule has 1 saturated heterocycles. The third-order valence-corrected chi connectivity index (χ3v) is 3.45. The molecular weight excluding hydrogens is 230 g/mol. The van der Waals surface area contributed by atoms with Crippen molar-refractivity contribution in [2.24, 2.45) is 7.05 Å². The molecule has 5 heteroatoms. The number of carbonyl (C=O) groups excluding carboxylic acids is 2. The largest absolute Gasteiger partial charge is 0.334 e. The predicted molar refractivity (Wildman–Crippen MR) is 67.2 cm³/mol. The highest BCUT2D eigenvalue weighted by Gasteiger charge is 2.29. The maximum absolute atomic E-state index is 12.4. The van der Waals surface area contributed by atoms with Crippen molar-refractivity contribution in [1.29, 1.82) is 0 Å². The number of hydrogen-bond acceptors (Lipinski definition) is 3. The van der Waals surface area contributed by atoms with Crippen LogP contribution in [0.15, 0.2) is 12.5 Å². The van der Waals surface area contributed by atoms with Crippen LogP contribution in [0.3, 0.4) is 0 Å². The Morgan fingerprint density at radius 2 is 2.22 bits per heavy atom. The summed E-state index contributed by atoms with van der Waals surface area (Å²) in [6.45, 7) is 2.32. The first-order chi connectivity index (χ1) is 8.59. The molecule has 1 atom stereocenters. The molecule has 1 fully saturated rings. The van der Waals surface area contributed by atoms with Crippen LogP contribution in [0.25, 0.3) is 0 Å². The Morgan fingerprint density at radius 3 is 2.83 bits per heavy atom. The second-order valence-electron chi connectivity index (χ2n) is 4.94. The lowest BCUT2D eigenvalue weighted by Gasteiger charge is -2.35. The average Bonchev–Trinajstić information content (AvgIpc) is 2.74. The summed E-state index contributed by atoms with van der Waals surface area (Å²) in [6.07, 6.45) is 6.69. The van der Waals surface area contributed by atoms with Crippen molar-refractivity contribution in [2.75, 3.05) is 6.54 Å². The minimum atomic E-state index is -0.0130. The Hall–Kier alpha value is -1.65. The maximum atomic E-state index is 12.4. The van der Waals surface area contributed by atoms with E-state index in [1.807, 2.05) is 11.9 Å². The van der Waals surface area contributed by atoms with Gasteiger partial charge in [0.05, 0.1) is 12.5 Å². The van der Waals surface area contributed by atoms with E-state index < -0.39 is 0 Å². The molecule has 1 aromatic rings. The normalized spacial score (nSPS) is 19.9. The van der Waals surface area contributed by atoms with Gasteiger partial charge in [-0.05, 0) is 26.2 Å². The number of rotatable bonds is 3. The van der Waals surface area contributed by atoms with E-state index >= 15 is 0 Å². The lowest BCUT2D eigenvalue weighted by atomic mass is 9.97. The van der Waals surface area contributed by atoms with Crippen LogP contribution in [0.2, 0.25) is 0 Å². The molecule has 98 valence electrons. The number of imidazole rings is 1. The van der Waals surface area contributed by atoms with Crippen LogP contribution < -0.4 is 0 Å². The number of carbonyl (C=O) groups is 2. The highest BCUT2D eigenvalue weighted by molar-refractivity contribution is 5.93. The third-order valence-electron chi connectivity index (χ3n) is 3.45. The summed E-state index contributed by atoms with van der Waals surface area (Å²) in [6, 6.07) is 0.0543. The van der Waals surface area contributed by atoms with Crippen LogP contribution in [0.5, 0.6) is 0 Å². The number of piperidine rings is 1. The molecule has 0 radical (unpaired) electrons. The standard InChI is InChI=1S/C13H19N3O2/c1-10(17)7-11-5-3-4-6-16(11)13(18)12-8-14-9-15(12)2/h8-9,11H,3-7H2,1-2H3. The van der Waals surface area contributed by atoms with Gasteiger partial charge in [-0.2, -0.15) is 0 Å². The molecule has 1 aromatic heterocycles. The van der Waals surface area contributed by atoms with E-state index in [1.165, 1.54) is 0 Å². The van der Waals surface area contributed by atoms with Crippen LogP contribution in [0.4, 0.5) is 0 Å². The molecule has 0 saturated carbocycles. The van der Waals surface area contributed by atoms with E-state index in [1.54, 1.807) is 24.0 Å². The summed E-state index contributed by atoms with van der Waals surface area (Å²) in [5.74, 6) is 0.130. The fourth-order valence-electron chi connectivity index (χ4n) is 2.52. The summed E-state index contributed by atoms with van der Waals surface area (Å²) < 4.78 is 1.72. The lowest BCUT2D eigenvalue weighted by Crippen LogP contribution is -2.45. The van der Waals surface area contributed by atoms with Crippen LogP contribution in [-0.2, 0) is 11.8 Å². The quantitative estimate of drug-likeness (QED) is 0.813. The number of ketones is 1. The zero-order valence-electron chi connectivity index (χ0n) is 10.9. The second kappa shape index (κ2) is 5.33. The fourth-order valence-corrected chi connectivity index (χ4v) is 2.52. The van der Waals surface area contributed by atoms with E-state index in [0.29, 0.717) is 12.1 Å². The Bertz CT molecular complexity index is 453. The minimum Gasteiger partial charge on any atom is -0.334 e. The molecule has 0 spiro atoms. The van der Waals surface area contributed by atoms with Crippen molar-refractivity contribution in [1.82, 2.24) is 14.5 Å². The molecule has 1 unspecified atom stereocenters. The van der Waals surface area contributed by atoms with Crippen molar-refractivity contribution in [3.8, 4) is 0 Å².